The number of aromatic nitrogens is 3. The van der Waals surface area contributed by atoms with E-state index >= 15 is 0 Å². The fourth-order valence-electron chi connectivity index (χ4n) is 3.65. The van der Waals surface area contributed by atoms with Gasteiger partial charge < -0.3 is 18.6 Å². The van der Waals surface area contributed by atoms with E-state index in [-0.39, 0.29) is 12.5 Å². The third kappa shape index (κ3) is 5.30. The van der Waals surface area contributed by atoms with Crippen molar-refractivity contribution in [2.45, 2.75) is 20.4 Å². The molecule has 0 spiro atoms. The first kappa shape index (κ1) is 22.7. The molecule has 0 aliphatic rings. The molecule has 0 saturated carbocycles. The van der Waals surface area contributed by atoms with Crippen molar-refractivity contribution < 1.29 is 13.9 Å². The van der Waals surface area contributed by atoms with Crippen LogP contribution in [-0.2, 0) is 16.1 Å². The minimum absolute atomic E-state index is 0.146. The Morgan fingerprint density at radius 3 is 2.73 bits per heavy atom. The highest BCUT2D eigenvalue weighted by atomic mass is 32.1. The molecule has 0 aliphatic carbocycles. The van der Waals surface area contributed by atoms with Crippen LogP contribution < -0.4 is 0 Å². The summed E-state index contributed by atoms with van der Waals surface area (Å²) in [6, 6.07) is 16.1. The van der Waals surface area contributed by atoms with Crippen LogP contribution in [0.2, 0.25) is 0 Å². The highest BCUT2D eigenvalue weighted by Gasteiger charge is 2.17. The molecule has 170 valence electrons. The van der Waals surface area contributed by atoms with Crippen LogP contribution in [0.1, 0.15) is 22.8 Å². The van der Waals surface area contributed by atoms with Gasteiger partial charge in [0.25, 0.3) is 5.89 Å². The van der Waals surface area contributed by atoms with Gasteiger partial charge in [-0.2, -0.15) is 0 Å². The third-order valence-electron chi connectivity index (χ3n) is 5.29. The Morgan fingerprint density at radius 2 is 2.00 bits per heavy atom. The minimum Gasteiger partial charge on any atom is -0.418 e. The number of carbonyl (C=O) groups is 1. The Labute approximate surface area is 196 Å². The summed E-state index contributed by atoms with van der Waals surface area (Å²) in [5.74, 6) is 0.703. The first-order valence-electron chi connectivity index (χ1n) is 10.6. The van der Waals surface area contributed by atoms with Gasteiger partial charge in [-0.1, -0.05) is 24.3 Å². The maximum Gasteiger partial charge on any atom is 0.257 e. The molecule has 0 atom stereocenters. The molecule has 8 heteroatoms. The molecule has 1 aromatic carbocycles. The molecule has 0 radical (unpaired) electrons. The van der Waals surface area contributed by atoms with Gasteiger partial charge in [0.1, 0.15) is 0 Å². The number of aryl methyl sites for hydroxylation is 1. The van der Waals surface area contributed by atoms with Gasteiger partial charge >= 0.3 is 0 Å². The van der Waals surface area contributed by atoms with Crippen molar-refractivity contribution in [2.75, 3.05) is 20.3 Å². The van der Waals surface area contributed by atoms with Gasteiger partial charge in [-0.25, -0.2) is 0 Å². The molecule has 4 rings (SSSR count). The Morgan fingerprint density at radius 1 is 1.18 bits per heavy atom. The van der Waals surface area contributed by atoms with Crippen molar-refractivity contribution in [1.82, 2.24) is 19.7 Å². The average molecular weight is 463 g/mol. The molecule has 1 amide bonds. The largest absolute Gasteiger partial charge is 0.418 e. The van der Waals surface area contributed by atoms with Gasteiger partial charge in [0.15, 0.2) is 0 Å². The number of para-hydroxylation sites is 1. The van der Waals surface area contributed by atoms with Gasteiger partial charge in [0, 0.05) is 36.8 Å². The van der Waals surface area contributed by atoms with Gasteiger partial charge in [0.2, 0.25) is 11.8 Å². The topological polar surface area (TPSA) is 73.4 Å². The van der Waals surface area contributed by atoms with E-state index in [1.807, 2.05) is 41.8 Å². The first-order valence-corrected chi connectivity index (χ1v) is 11.5. The zero-order valence-electron chi connectivity index (χ0n) is 18.9. The normalized spacial score (nSPS) is 11.4. The number of rotatable bonds is 9. The van der Waals surface area contributed by atoms with E-state index in [1.165, 1.54) is 11.3 Å². The third-order valence-corrected chi connectivity index (χ3v) is 6.15. The predicted octanol–water partition coefficient (Wildman–Crippen LogP) is 4.89. The summed E-state index contributed by atoms with van der Waals surface area (Å²) in [5.41, 5.74) is 4.27. The van der Waals surface area contributed by atoms with Crippen molar-refractivity contribution in [1.29, 1.82) is 0 Å². The second-order valence-corrected chi connectivity index (χ2v) is 8.51. The molecular formula is C25H26N4O3S. The van der Waals surface area contributed by atoms with E-state index in [0.29, 0.717) is 24.9 Å². The summed E-state index contributed by atoms with van der Waals surface area (Å²) >= 11 is 1.53. The van der Waals surface area contributed by atoms with E-state index in [4.69, 9.17) is 9.15 Å². The maximum atomic E-state index is 13.0. The van der Waals surface area contributed by atoms with Crippen LogP contribution in [-0.4, -0.2) is 45.8 Å². The lowest BCUT2D eigenvalue weighted by Gasteiger charge is -2.18. The Bertz CT molecular complexity index is 1230. The smallest absolute Gasteiger partial charge is 0.257 e. The summed E-state index contributed by atoms with van der Waals surface area (Å²) in [6.07, 6.45) is 3.44. The minimum atomic E-state index is -0.146. The fraction of sp³-hybridized carbons (Fsp3) is 0.240. The molecule has 3 aromatic heterocycles. The highest BCUT2D eigenvalue weighted by Crippen LogP contribution is 2.24. The van der Waals surface area contributed by atoms with Crippen LogP contribution in [0.15, 0.2) is 64.4 Å². The van der Waals surface area contributed by atoms with Crippen LogP contribution in [0.25, 0.3) is 22.5 Å². The SMILES string of the molecule is COCCN(Cc1nnc(-c2cccs2)o1)C(=O)/C=C/c1cc(C)n(-c2ccccc2)c1C. The molecular weight excluding hydrogens is 436 g/mol. The van der Waals surface area contributed by atoms with Crippen molar-refractivity contribution in [2.24, 2.45) is 0 Å². The molecule has 0 unspecified atom stereocenters. The summed E-state index contributed by atoms with van der Waals surface area (Å²) < 4.78 is 13.1. The molecule has 0 aliphatic heterocycles. The van der Waals surface area contributed by atoms with Crippen LogP contribution in [0, 0.1) is 13.8 Å². The molecule has 7 nitrogen and oxygen atoms in total. The monoisotopic (exact) mass is 462 g/mol. The Kier molecular flexibility index (Phi) is 7.16. The number of amides is 1. The number of ether oxygens (including phenoxy) is 1. The zero-order chi connectivity index (χ0) is 23.2. The van der Waals surface area contributed by atoms with Crippen molar-refractivity contribution in [3.05, 3.63) is 82.8 Å². The lowest BCUT2D eigenvalue weighted by Crippen LogP contribution is -2.32. The quantitative estimate of drug-likeness (QED) is 0.331. The van der Waals surface area contributed by atoms with Gasteiger partial charge in [-0.15, -0.1) is 21.5 Å². The van der Waals surface area contributed by atoms with Crippen LogP contribution >= 0.6 is 11.3 Å². The highest BCUT2D eigenvalue weighted by molar-refractivity contribution is 7.13. The fourth-order valence-corrected chi connectivity index (χ4v) is 4.29. The summed E-state index contributed by atoms with van der Waals surface area (Å²) in [5, 5.41) is 10.2. The van der Waals surface area contributed by atoms with E-state index < -0.39 is 0 Å². The Balaban J connectivity index is 1.51. The summed E-state index contributed by atoms with van der Waals surface area (Å²) in [4.78, 5) is 15.6. The number of thiophene rings is 1. The molecule has 0 N–H and O–H groups in total. The number of benzene rings is 1. The van der Waals surface area contributed by atoms with E-state index in [0.717, 1.165) is 27.5 Å². The molecule has 4 aromatic rings. The second kappa shape index (κ2) is 10.4. The van der Waals surface area contributed by atoms with E-state index in [1.54, 1.807) is 18.1 Å². The average Bonchev–Trinajstić information content (AvgIpc) is 3.56. The van der Waals surface area contributed by atoms with Crippen LogP contribution in [0.3, 0.4) is 0 Å². The predicted molar refractivity (Wildman–Crippen MR) is 129 cm³/mol. The number of hydrogen-bond donors (Lipinski definition) is 0. The van der Waals surface area contributed by atoms with Crippen molar-refractivity contribution in [3.63, 3.8) is 0 Å². The molecule has 0 fully saturated rings. The van der Waals surface area contributed by atoms with E-state index in [9.17, 15) is 4.79 Å². The van der Waals surface area contributed by atoms with Crippen LogP contribution in [0.4, 0.5) is 0 Å². The van der Waals surface area contributed by atoms with Gasteiger partial charge in [-0.3, -0.25) is 4.79 Å². The van der Waals surface area contributed by atoms with Crippen LogP contribution in [0.5, 0.6) is 0 Å². The molecule has 3 heterocycles. The van der Waals surface area contributed by atoms with Crippen molar-refractivity contribution in [3.8, 4) is 16.5 Å². The summed E-state index contributed by atoms with van der Waals surface area (Å²) in [7, 11) is 1.61. The second-order valence-electron chi connectivity index (χ2n) is 7.56. The number of carbonyl (C=O) groups excluding carboxylic acids is 1. The number of methoxy groups -OCH3 is 1. The lowest BCUT2D eigenvalue weighted by atomic mass is 10.2. The number of hydrogen-bond acceptors (Lipinski definition) is 6. The lowest BCUT2D eigenvalue weighted by molar-refractivity contribution is -0.127. The van der Waals surface area contributed by atoms with E-state index in [2.05, 4.69) is 46.8 Å². The summed E-state index contributed by atoms with van der Waals surface area (Å²) in [6.45, 7) is 5.16. The maximum absolute atomic E-state index is 13.0. The molecule has 33 heavy (non-hydrogen) atoms. The zero-order valence-corrected chi connectivity index (χ0v) is 19.7. The van der Waals surface area contributed by atoms with Gasteiger partial charge in [-0.05, 0) is 55.1 Å². The number of nitrogens with zero attached hydrogens (tertiary/aromatic N) is 4. The first-order chi connectivity index (χ1) is 16.1. The standard InChI is InChI=1S/C25H26N4O3S/c1-18-16-20(19(2)29(18)21-8-5-4-6-9-21)11-12-24(30)28(13-14-31-3)17-23-26-27-25(32-23)22-10-7-15-33-22/h4-12,15-16H,13-14,17H2,1-3H3/b12-11+. The molecule has 0 bridgehead atoms. The van der Waals surface area contributed by atoms with Gasteiger partial charge in [0.05, 0.1) is 18.0 Å². The molecule has 0 saturated heterocycles. The van der Waals surface area contributed by atoms with Crippen molar-refractivity contribution >= 4 is 23.3 Å². The Hall–Kier alpha value is -3.49.